The molecule has 0 aromatic carbocycles. The summed E-state index contributed by atoms with van der Waals surface area (Å²) in [6.07, 6.45) is 7.73. The van der Waals surface area contributed by atoms with Crippen molar-refractivity contribution in [3.63, 3.8) is 0 Å². The minimum Gasteiger partial charge on any atom is -0.436 e. The Morgan fingerprint density at radius 2 is 2.26 bits per heavy atom. The highest BCUT2D eigenvalue weighted by molar-refractivity contribution is 6.32. The largest absolute Gasteiger partial charge is 0.436 e. The Labute approximate surface area is 139 Å². The average molecular weight is 333 g/mol. The van der Waals surface area contributed by atoms with Gasteiger partial charge in [-0.3, -0.25) is 10.3 Å². The molecule has 120 valence electrons. The molecule has 2 heterocycles. The monoisotopic (exact) mass is 332 g/mol. The summed E-state index contributed by atoms with van der Waals surface area (Å²) in [6, 6.07) is 3.65. The van der Waals surface area contributed by atoms with Gasteiger partial charge in [-0.25, -0.2) is 9.48 Å². The maximum Gasteiger partial charge on any atom is 0.412 e. The zero-order valence-electron chi connectivity index (χ0n) is 13.1. The number of nitrogens with one attached hydrogen (secondary N) is 1. The summed E-state index contributed by atoms with van der Waals surface area (Å²) in [7, 11) is 0. The van der Waals surface area contributed by atoms with E-state index in [1.165, 1.54) is 0 Å². The third-order valence-electron chi connectivity index (χ3n) is 2.96. The normalized spacial score (nSPS) is 10.9. The van der Waals surface area contributed by atoms with Crippen LogP contribution in [-0.2, 0) is 10.2 Å². The number of terminal acetylenes is 1. The lowest BCUT2D eigenvalue weighted by atomic mass is 9.91. The molecule has 1 N–H and O–H groups in total. The lowest BCUT2D eigenvalue weighted by Crippen LogP contribution is -2.22. The molecule has 1 amide bonds. The molecule has 2 aromatic heterocycles. The Kier molecular flexibility index (Phi) is 4.92. The highest BCUT2D eigenvalue weighted by atomic mass is 35.5. The van der Waals surface area contributed by atoms with Gasteiger partial charge >= 0.3 is 6.09 Å². The number of pyridine rings is 1. The molecule has 7 heteroatoms. The van der Waals surface area contributed by atoms with Crippen LogP contribution in [0.2, 0.25) is 5.15 Å². The Bertz CT molecular complexity index is 742. The number of halogens is 1. The second-order valence-corrected chi connectivity index (χ2v) is 6.15. The van der Waals surface area contributed by atoms with Crippen molar-refractivity contribution in [3.8, 4) is 18.0 Å². The van der Waals surface area contributed by atoms with Crippen molar-refractivity contribution >= 4 is 23.4 Å². The first-order valence-corrected chi connectivity index (χ1v) is 7.29. The second kappa shape index (κ2) is 6.71. The first-order chi connectivity index (χ1) is 10.8. The highest BCUT2D eigenvalue weighted by Gasteiger charge is 2.29. The molecule has 2 rings (SSSR count). The number of nitrogens with zero attached hydrogens (tertiary/aromatic N) is 3. The van der Waals surface area contributed by atoms with E-state index < -0.39 is 6.09 Å². The van der Waals surface area contributed by atoms with E-state index in [4.69, 9.17) is 22.8 Å². The first-order valence-electron chi connectivity index (χ1n) is 6.91. The quantitative estimate of drug-likeness (QED) is 0.875. The number of rotatable bonds is 3. The van der Waals surface area contributed by atoms with Gasteiger partial charge in [0.15, 0.2) is 11.8 Å². The van der Waals surface area contributed by atoms with Crippen LogP contribution in [0, 0.1) is 12.3 Å². The molecule has 0 atom stereocenters. The highest BCUT2D eigenvalue weighted by Crippen LogP contribution is 2.36. The zero-order valence-corrected chi connectivity index (χ0v) is 13.9. The van der Waals surface area contributed by atoms with Crippen LogP contribution in [0.1, 0.15) is 26.5 Å². The van der Waals surface area contributed by atoms with Gasteiger partial charge < -0.3 is 4.74 Å². The molecular formula is C16H17ClN4O2. The Morgan fingerprint density at radius 3 is 2.83 bits per heavy atom. The number of hydrogen-bond donors (Lipinski definition) is 1. The van der Waals surface area contributed by atoms with E-state index in [1.54, 1.807) is 23.1 Å². The summed E-state index contributed by atoms with van der Waals surface area (Å²) in [6.45, 7) is 5.85. The number of carbonyl (C=O) groups is 1. The fourth-order valence-corrected chi connectivity index (χ4v) is 2.32. The Morgan fingerprint density at radius 1 is 1.52 bits per heavy atom. The minimum absolute atomic E-state index is 0.120. The molecule has 0 bridgehead atoms. The van der Waals surface area contributed by atoms with E-state index in [1.807, 2.05) is 26.8 Å². The zero-order chi connectivity index (χ0) is 17.0. The molecule has 0 fully saturated rings. The number of hydrogen-bond acceptors (Lipinski definition) is 4. The van der Waals surface area contributed by atoms with Crippen LogP contribution >= 0.6 is 11.6 Å². The van der Waals surface area contributed by atoms with Gasteiger partial charge in [-0.1, -0.05) is 38.3 Å². The van der Waals surface area contributed by atoms with Crippen molar-refractivity contribution < 1.29 is 9.53 Å². The summed E-state index contributed by atoms with van der Waals surface area (Å²) >= 11 is 6.22. The van der Waals surface area contributed by atoms with Crippen LogP contribution in [0.15, 0.2) is 24.5 Å². The van der Waals surface area contributed by atoms with Gasteiger partial charge in [-0.05, 0) is 12.1 Å². The van der Waals surface area contributed by atoms with Gasteiger partial charge in [0.25, 0.3) is 0 Å². The standard InChI is InChI=1S/C16H17ClN4O2/c1-5-9-23-15(22)19-12-13(16(2,3)4)21(20-14(12)17)11-7-6-8-18-10-11/h1,6-8,10H,9H2,2-4H3,(H,19,22). The maximum atomic E-state index is 11.8. The molecular weight excluding hydrogens is 316 g/mol. The molecule has 0 aliphatic heterocycles. The number of ether oxygens (including phenoxy) is 1. The number of carbonyl (C=O) groups excluding carboxylic acids is 1. The van der Waals surface area contributed by atoms with Crippen LogP contribution in [0.5, 0.6) is 0 Å². The van der Waals surface area contributed by atoms with E-state index >= 15 is 0 Å². The number of aromatic nitrogens is 3. The van der Waals surface area contributed by atoms with Crippen LogP contribution < -0.4 is 5.32 Å². The van der Waals surface area contributed by atoms with E-state index in [2.05, 4.69) is 21.3 Å². The van der Waals surface area contributed by atoms with Gasteiger partial charge in [-0.2, -0.15) is 5.10 Å². The summed E-state index contributed by atoms with van der Waals surface area (Å²) in [5, 5.41) is 7.09. The molecule has 23 heavy (non-hydrogen) atoms. The summed E-state index contributed by atoms with van der Waals surface area (Å²) in [4.78, 5) is 15.9. The van der Waals surface area contributed by atoms with Crippen LogP contribution in [0.25, 0.3) is 5.69 Å². The first kappa shape index (κ1) is 16.8. The molecule has 2 aromatic rings. The molecule has 6 nitrogen and oxygen atoms in total. The van der Waals surface area contributed by atoms with Crippen molar-refractivity contribution in [2.24, 2.45) is 0 Å². The average Bonchev–Trinajstić information content (AvgIpc) is 2.83. The predicted octanol–water partition coefficient (Wildman–Crippen LogP) is 3.40. The molecule has 0 radical (unpaired) electrons. The lowest BCUT2D eigenvalue weighted by molar-refractivity contribution is 0.176. The predicted molar refractivity (Wildman–Crippen MR) is 88.9 cm³/mol. The van der Waals surface area contributed by atoms with Crippen LogP contribution in [0.4, 0.5) is 10.5 Å². The molecule has 0 aliphatic rings. The second-order valence-electron chi connectivity index (χ2n) is 5.79. The summed E-state index contributed by atoms with van der Waals surface area (Å²) in [5.74, 6) is 2.23. The number of amides is 1. The van der Waals surface area contributed by atoms with Gasteiger partial charge in [0.2, 0.25) is 0 Å². The fraction of sp³-hybridized carbons (Fsp3) is 0.312. The molecule has 0 unspecified atom stereocenters. The smallest absolute Gasteiger partial charge is 0.412 e. The molecule has 0 spiro atoms. The van der Waals surface area contributed by atoms with E-state index in [9.17, 15) is 4.79 Å². The Hall–Kier alpha value is -2.52. The van der Waals surface area contributed by atoms with Crippen molar-refractivity contribution in [2.45, 2.75) is 26.2 Å². The molecule has 0 saturated heterocycles. The SMILES string of the molecule is C#CCOC(=O)Nc1c(Cl)nn(-c2cccnc2)c1C(C)(C)C. The molecule has 0 saturated carbocycles. The number of anilines is 1. The van der Waals surface area contributed by atoms with Crippen LogP contribution in [0.3, 0.4) is 0 Å². The fourth-order valence-electron chi connectivity index (χ4n) is 2.11. The third kappa shape index (κ3) is 3.82. The van der Waals surface area contributed by atoms with E-state index in [0.717, 1.165) is 11.4 Å². The van der Waals surface area contributed by atoms with Gasteiger partial charge in [-0.15, -0.1) is 6.42 Å². The third-order valence-corrected chi connectivity index (χ3v) is 3.22. The van der Waals surface area contributed by atoms with E-state index in [-0.39, 0.29) is 17.2 Å². The Balaban J connectivity index is 2.49. The van der Waals surface area contributed by atoms with Crippen molar-refractivity contribution in [1.82, 2.24) is 14.8 Å². The van der Waals surface area contributed by atoms with Crippen molar-refractivity contribution in [3.05, 3.63) is 35.4 Å². The van der Waals surface area contributed by atoms with E-state index in [0.29, 0.717) is 5.69 Å². The summed E-state index contributed by atoms with van der Waals surface area (Å²) in [5.41, 5.74) is 1.52. The van der Waals surface area contributed by atoms with Crippen molar-refractivity contribution in [2.75, 3.05) is 11.9 Å². The van der Waals surface area contributed by atoms with Gasteiger partial charge in [0.1, 0.15) is 5.69 Å². The molecule has 0 aliphatic carbocycles. The van der Waals surface area contributed by atoms with Crippen molar-refractivity contribution in [1.29, 1.82) is 0 Å². The topological polar surface area (TPSA) is 69.0 Å². The minimum atomic E-state index is -0.680. The summed E-state index contributed by atoms with van der Waals surface area (Å²) < 4.78 is 6.50. The maximum absolute atomic E-state index is 11.8. The van der Waals surface area contributed by atoms with Crippen LogP contribution in [-0.4, -0.2) is 27.5 Å². The lowest BCUT2D eigenvalue weighted by Gasteiger charge is -2.22. The van der Waals surface area contributed by atoms with Gasteiger partial charge in [0.05, 0.1) is 17.6 Å². The van der Waals surface area contributed by atoms with Gasteiger partial charge in [0, 0.05) is 11.6 Å².